The van der Waals surface area contributed by atoms with Crippen molar-refractivity contribution in [2.24, 2.45) is 0 Å². The smallest absolute Gasteiger partial charge is 0.253 e. The zero-order chi connectivity index (χ0) is 16.9. The third-order valence-corrected chi connectivity index (χ3v) is 3.67. The normalized spacial score (nSPS) is 10.6. The molecule has 0 atom stereocenters. The molecule has 0 bridgehead atoms. The average molecular weight is 324 g/mol. The van der Waals surface area contributed by atoms with Gasteiger partial charge in [0.25, 0.3) is 5.91 Å². The van der Waals surface area contributed by atoms with Crippen molar-refractivity contribution < 1.29 is 9.18 Å². The standard InChI is InChI=1S/C18H17FN4O/c1-22(10-15-3-2-4-17(19)9-15)18(24)16-7-5-14(6-8-16)11-23-13-20-12-21-23/h2-9,12-13H,10-11H2,1H3. The maximum absolute atomic E-state index is 13.2. The van der Waals surface area contributed by atoms with E-state index in [1.807, 2.05) is 12.1 Å². The molecular formula is C18H17FN4O. The summed E-state index contributed by atoms with van der Waals surface area (Å²) in [7, 11) is 1.70. The van der Waals surface area contributed by atoms with E-state index in [-0.39, 0.29) is 11.7 Å². The zero-order valence-electron chi connectivity index (χ0n) is 13.3. The van der Waals surface area contributed by atoms with Crippen LogP contribution in [-0.2, 0) is 13.1 Å². The molecule has 122 valence electrons. The van der Waals surface area contributed by atoms with Crippen LogP contribution in [0.4, 0.5) is 4.39 Å². The van der Waals surface area contributed by atoms with Gasteiger partial charge in [0.2, 0.25) is 0 Å². The third-order valence-electron chi connectivity index (χ3n) is 3.67. The molecule has 5 nitrogen and oxygen atoms in total. The molecule has 0 radical (unpaired) electrons. The molecule has 0 aliphatic carbocycles. The highest BCUT2D eigenvalue weighted by atomic mass is 19.1. The lowest BCUT2D eigenvalue weighted by molar-refractivity contribution is 0.0785. The highest BCUT2D eigenvalue weighted by Crippen LogP contribution is 2.11. The van der Waals surface area contributed by atoms with Crippen molar-refractivity contribution in [3.05, 3.63) is 83.7 Å². The number of nitrogens with zero attached hydrogens (tertiary/aromatic N) is 4. The number of carbonyl (C=O) groups is 1. The molecule has 1 amide bonds. The fourth-order valence-electron chi connectivity index (χ4n) is 2.46. The molecule has 1 aromatic heterocycles. The minimum atomic E-state index is -0.300. The molecule has 0 fully saturated rings. The Kier molecular flexibility index (Phi) is 4.65. The van der Waals surface area contributed by atoms with Crippen molar-refractivity contribution in [1.82, 2.24) is 19.7 Å². The van der Waals surface area contributed by atoms with Crippen LogP contribution in [0.25, 0.3) is 0 Å². The van der Waals surface area contributed by atoms with Crippen LogP contribution in [0.2, 0.25) is 0 Å². The average Bonchev–Trinajstić information content (AvgIpc) is 3.08. The van der Waals surface area contributed by atoms with E-state index in [1.54, 1.807) is 47.2 Å². The first kappa shape index (κ1) is 15.9. The monoisotopic (exact) mass is 324 g/mol. The first-order valence-corrected chi connectivity index (χ1v) is 7.53. The van der Waals surface area contributed by atoms with Gasteiger partial charge in [0.1, 0.15) is 18.5 Å². The molecule has 0 unspecified atom stereocenters. The Labute approximate surface area is 139 Å². The van der Waals surface area contributed by atoms with Crippen molar-refractivity contribution in [3.8, 4) is 0 Å². The minimum absolute atomic E-state index is 0.105. The van der Waals surface area contributed by atoms with Crippen LogP contribution >= 0.6 is 0 Å². The summed E-state index contributed by atoms with van der Waals surface area (Å²) in [6.07, 6.45) is 3.13. The SMILES string of the molecule is CN(Cc1cccc(F)c1)C(=O)c1ccc(Cn2cncn2)cc1. The second-order valence-electron chi connectivity index (χ2n) is 5.58. The molecule has 0 N–H and O–H groups in total. The first-order chi connectivity index (χ1) is 11.6. The topological polar surface area (TPSA) is 51.0 Å². The molecule has 2 aromatic carbocycles. The maximum Gasteiger partial charge on any atom is 0.253 e. The summed E-state index contributed by atoms with van der Waals surface area (Å²) in [5, 5.41) is 4.05. The third kappa shape index (κ3) is 3.84. The van der Waals surface area contributed by atoms with Crippen LogP contribution in [0.5, 0.6) is 0 Å². The summed E-state index contributed by atoms with van der Waals surface area (Å²) in [6.45, 7) is 0.963. The number of halogens is 1. The molecular weight excluding hydrogens is 307 g/mol. The Morgan fingerprint density at radius 2 is 1.96 bits per heavy atom. The van der Waals surface area contributed by atoms with E-state index in [9.17, 15) is 9.18 Å². The van der Waals surface area contributed by atoms with Gasteiger partial charge >= 0.3 is 0 Å². The van der Waals surface area contributed by atoms with Crippen LogP contribution < -0.4 is 0 Å². The van der Waals surface area contributed by atoms with E-state index in [2.05, 4.69) is 10.1 Å². The summed E-state index contributed by atoms with van der Waals surface area (Å²) >= 11 is 0. The second kappa shape index (κ2) is 7.04. The van der Waals surface area contributed by atoms with Crippen molar-refractivity contribution in [2.45, 2.75) is 13.1 Å². The Bertz CT molecular complexity index is 815. The van der Waals surface area contributed by atoms with Crippen molar-refractivity contribution in [2.75, 3.05) is 7.05 Å². The molecule has 1 heterocycles. The van der Waals surface area contributed by atoms with Gasteiger partial charge in [-0.3, -0.25) is 4.79 Å². The van der Waals surface area contributed by atoms with E-state index in [4.69, 9.17) is 0 Å². The molecule has 3 rings (SSSR count). The summed E-state index contributed by atoms with van der Waals surface area (Å²) in [5.41, 5.74) is 2.38. The summed E-state index contributed by atoms with van der Waals surface area (Å²) in [5.74, 6) is -0.405. The largest absolute Gasteiger partial charge is 0.337 e. The van der Waals surface area contributed by atoms with Crippen molar-refractivity contribution in [1.29, 1.82) is 0 Å². The van der Waals surface area contributed by atoms with Gasteiger partial charge in [0, 0.05) is 19.2 Å². The number of hydrogen-bond donors (Lipinski definition) is 0. The summed E-state index contributed by atoms with van der Waals surface area (Å²) < 4.78 is 14.9. The number of carbonyl (C=O) groups excluding carboxylic acids is 1. The van der Waals surface area contributed by atoms with Gasteiger partial charge in [-0.1, -0.05) is 24.3 Å². The number of rotatable bonds is 5. The van der Waals surface area contributed by atoms with Gasteiger partial charge in [-0.2, -0.15) is 5.10 Å². The van der Waals surface area contributed by atoms with E-state index >= 15 is 0 Å². The molecule has 6 heteroatoms. The van der Waals surface area contributed by atoms with E-state index in [1.165, 1.54) is 18.5 Å². The molecule has 0 aliphatic heterocycles. The predicted octanol–water partition coefficient (Wildman–Crippen LogP) is 2.74. The number of benzene rings is 2. The molecule has 0 saturated carbocycles. The Morgan fingerprint density at radius 3 is 2.62 bits per heavy atom. The lowest BCUT2D eigenvalue weighted by Crippen LogP contribution is -2.26. The van der Waals surface area contributed by atoms with Gasteiger partial charge in [-0.05, 0) is 35.4 Å². The van der Waals surface area contributed by atoms with E-state index < -0.39 is 0 Å². The fourth-order valence-corrected chi connectivity index (χ4v) is 2.46. The van der Waals surface area contributed by atoms with Crippen LogP contribution in [0.1, 0.15) is 21.5 Å². The molecule has 0 spiro atoms. The van der Waals surface area contributed by atoms with Crippen LogP contribution in [-0.4, -0.2) is 32.6 Å². The van der Waals surface area contributed by atoms with Gasteiger partial charge in [0.15, 0.2) is 0 Å². The lowest BCUT2D eigenvalue weighted by atomic mass is 10.1. The molecule has 24 heavy (non-hydrogen) atoms. The Hall–Kier alpha value is -3.02. The number of hydrogen-bond acceptors (Lipinski definition) is 3. The highest BCUT2D eigenvalue weighted by Gasteiger charge is 2.12. The van der Waals surface area contributed by atoms with Gasteiger partial charge in [0.05, 0.1) is 6.54 Å². The van der Waals surface area contributed by atoms with Gasteiger partial charge < -0.3 is 4.90 Å². The zero-order valence-corrected chi connectivity index (χ0v) is 13.3. The number of amides is 1. The first-order valence-electron chi connectivity index (χ1n) is 7.53. The lowest BCUT2D eigenvalue weighted by Gasteiger charge is -2.17. The Balaban J connectivity index is 1.65. The minimum Gasteiger partial charge on any atom is -0.337 e. The molecule has 0 saturated heterocycles. The quantitative estimate of drug-likeness (QED) is 0.725. The second-order valence-corrected chi connectivity index (χ2v) is 5.58. The summed E-state index contributed by atoms with van der Waals surface area (Å²) in [6, 6.07) is 13.6. The van der Waals surface area contributed by atoms with Crippen LogP contribution in [0, 0.1) is 5.82 Å². The van der Waals surface area contributed by atoms with E-state index in [0.29, 0.717) is 18.7 Å². The van der Waals surface area contributed by atoms with Gasteiger partial charge in [-0.25, -0.2) is 14.1 Å². The van der Waals surface area contributed by atoms with E-state index in [0.717, 1.165) is 11.1 Å². The van der Waals surface area contributed by atoms with Crippen LogP contribution in [0.15, 0.2) is 61.2 Å². The van der Waals surface area contributed by atoms with Crippen molar-refractivity contribution in [3.63, 3.8) is 0 Å². The predicted molar refractivity (Wildman–Crippen MR) is 87.8 cm³/mol. The molecule has 0 aliphatic rings. The fraction of sp³-hybridized carbons (Fsp3) is 0.167. The number of aromatic nitrogens is 3. The highest BCUT2D eigenvalue weighted by molar-refractivity contribution is 5.94. The molecule has 3 aromatic rings. The Morgan fingerprint density at radius 1 is 1.17 bits per heavy atom. The van der Waals surface area contributed by atoms with Gasteiger partial charge in [-0.15, -0.1) is 0 Å². The van der Waals surface area contributed by atoms with Crippen molar-refractivity contribution >= 4 is 5.91 Å². The van der Waals surface area contributed by atoms with Crippen LogP contribution in [0.3, 0.4) is 0 Å². The maximum atomic E-state index is 13.2. The summed E-state index contributed by atoms with van der Waals surface area (Å²) in [4.78, 5) is 17.9.